The number of nitrogens with zero attached hydrogens (tertiary/aromatic N) is 3. The van der Waals surface area contributed by atoms with Crippen molar-refractivity contribution in [3.05, 3.63) is 47.5 Å². The number of ether oxygens (including phenoxy) is 3. The van der Waals surface area contributed by atoms with E-state index in [0.29, 0.717) is 24.3 Å². The van der Waals surface area contributed by atoms with Crippen LogP contribution in [0.2, 0.25) is 0 Å². The van der Waals surface area contributed by atoms with Crippen LogP contribution >= 0.6 is 0 Å². The minimum absolute atomic E-state index is 0.508. The van der Waals surface area contributed by atoms with Crippen LogP contribution in [0, 0.1) is 6.92 Å². The summed E-state index contributed by atoms with van der Waals surface area (Å²) in [6, 6.07) is 12.7. The van der Waals surface area contributed by atoms with E-state index in [1.54, 1.807) is 6.21 Å². The van der Waals surface area contributed by atoms with Crippen LogP contribution in [0.4, 0.5) is 11.5 Å². The van der Waals surface area contributed by atoms with Crippen molar-refractivity contribution in [3.63, 3.8) is 0 Å². The first-order valence-corrected chi connectivity index (χ1v) is 11.4. The predicted octanol–water partition coefficient (Wildman–Crippen LogP) is 2.82. The predicted molar refractivity (Wildman–Crippen MR) is 127 cm³/mol. The zero-order chi connectivity index (χ0) is 22.0. The number of pyridine rings is 1. The van der Waals surface area contributed by atoms with Crippen LogP contribution in [0.5, 0.6) is 5.88 Å². The van der Waals surface area contributed by atoms with Crippen LogP contribution in [0.1, 0.15) is 24.0 Å². The van der Waals surface area contributed by atoms with Gasteiger partial charge in [-0.25, -0.2) is 0 Å². The molecular formula is C24H33N5O3. The molecule has 0 aliphatic carbocycles. The first kappa shape index (κ1) is 22.5. The van der Waals surface area contributed by atoms with E-state index >= 15 is 0 Å². The summed E-state index contributed by atoms with van der Waals surface area (Å²) >= 11 is 0. The first-order chi connectivity index (χ1) is 15.8. The van der Waals surface area contributed by atoms with Gasteiger partial charge in [0.15, 0.2) is 5.82 Å². The third-order valence-corrected chi connectivity index (χ3v) is 5.60. The van der Waals surface area contributed by atoms with Gasteiger partial charge in [0, 0.05) is 56.7 Å². The van der Waals surface area contributed by atoms with Gasteiger partial charge in [-0.2, -0.15) is 10.1 Å². The largest absolute Gasteiger partial charge is 0.476 e. The number of hydrogen-bond acceptors (Lipinski definition) is 8. The van der Waals surface area contributed by atoms with Gasteiger partial charge >= 0.3 is 0 Å². The Kier molecular flexibility index (Phi) is 8.30. The van der Waals surface area contributed by atoms with Gasteiger partial charge in [-0.15, -0.1) is 0 Å². The van der Waals surface area contributed by atoms with E-state index in [0.717, 1.165) is 70.2 Å². The molecule has 172 valence electrons. The highest BCUT2D eigenvalue weighted by molar-refractivity contribution is 5.80. The zero-order valence-electron chi connectivity index (χ0n) is 18.8. The Hall–Kier alpha value is -2.68. The average Bonchev–Trinajstić information content (AvgIpc) is 2.83. The molecule has 2 saturated heterocycles. The number of aryl methyl sites for hydroxylation is 1. The summed E-state index contributed by atoms with van der Waals surface area (Å²) in [5.74, 6) is 1.25. The molecule has 8 heteroatoms. The van der Waals surface area contributed by atoms with E-state index in [1.807, 2.05) is 24.3 Å². The molecule has 32 heavy (non-hydrogen) atoms. The van der Waals surface area contributed by atoms with Gasteiger partial charge in [-0.3, -0.25) is 5.43 Å². The van der Waals surface area contributed by atoms with Crippen molar-refractivity contribution >= 4 is 17.7 Å². The zero-order valence-corrected chi connectivity index (χ0v) is 18.8. The minimum Gasteiger partial charge on any atom is -0.476 e. The van der Waals surface area contributed by atoms with Crippen LogP contribution in [0.3, 0.4) is 0 Å². The average molecular weight is 440 g/mol. The molecule has 0 bridgehead atoms. The maximum Gasteiger partial charge on any atom is 0.217 e. The molecule has 0 radical (unpaired) electrons. The number of benzene rings is 1. The molecule has 2 N–H and O–H groups in total. The van der Waals surface area contributed by atoms with E-state index in [4.69, 9.17) is 14.2 Å². The molecule has 0 atom stereocenters. The number of hydrogen-bond donors (Lipinski definition) is 2. The van der Waals surface area contributed by atoms with E-state index in [1.165, 1.54) is 5.56 Å². The molecule has 0 saturated carbocycles. The van der Waals surface area contributed by atoms with Gasteiger partial charge in [0.25, 0.3) is 0 Å². The lowest BCUT2D eigenvalue weighted by Crippen LogP contribution is -2.37. The van der Waals surface area contributed by atoms with Gasteiger partial charge in [0.2, 0.25) is 5.88 Å². The molecule has 1 aromatic heterocycles. The Morgan fingerprint density at radius 3 is 2.75 bits per heavy atom. The molecular weight excluding hydrogens is 406 g/mol. The number of hydrazone groups is 1. The van der Waals surface area contributed by atoms with Crippen LogP contribution < -0.4 is 20.4 Å². The second-order valence-electron chi connectivity index (χ2n) is 8.12. The standard InChI is InChI=1S/C24H33N5O3/c1-19-3-2-4-20(15-19)18-26-28-23-16-22(29-8-13-31-14-9-29)17-24(27-23)32-12-7-25-21-5-10-30-11-6-21/h2-4,15-18,21,25H,5-14H2,1H3,(H,27,28). The minimum atomic E-state index is 0.508. The van der Waals surface area contributed by atoms with Gasteiger partial charge in [0.05, 0.1) is 19.4 Å². The smallest absolute Gasteiger partial charge is 0.217 e. The summed E-state index contributed by atoms with van der Waals surface area (Å²) in [5, 5.41) is 7.92. The lowest BCUT2D eigenvalue weighted by Gasteiger charge is -2.29. The summed E-state index contributed by atoms with van der Waals surface area (Å²) in [7, 11) is 0. The van der Waals surface area contributed by atoms with Gasteiger partial charge < -0.3 is 24.4 Å². The van der Waals surface area contributed by atoms with E-state index in [9.17, 15) is 0 Å². The Morgan fingerprint density at radius 1 is 1.12 bits per heavy atom. The van der Waals surface area contributed by atoms with Crippen molar-refractivity contribution in [2.45, 2.75) is 25.8 Å². The fraction of sp³-hybridized carbons (Fsp3) is 0.500. The highest BCUT2D eigenvalue weighted by Gasteiger charge is 2.15. The maximum absolute atomic E-state index is 5.99. The van der Waals surface area contributed by atoms with Crippen LogP contribution in [-0.4, -0.2) is 69.9 Å². The third kappa shape index (κ3) is 6.91. The molecule has 3 heterocycles. The Labute approximate surface area is 190 Å². The lowest BCUT2D eigenvalue weighted by molar-refractivity contribution is 0.0770. The van der Waals surface area contributed by atoms with E-state index in [-0.39, 0.29) is 0 Å². The fourth-order valence-corrected chi connectivity index (χ4v) is 3.87. The first-order valence-electron chi connectivity index (χ1n) is 11.4. The number of aromatic nitrogens is 1. The van der Waals surface area contributed by atoms with Gasteiger partial charge in [-0.05, 0) is 25.3 Å². The summed E-state index contributed by atoms with van der Waals surface area (Å²) in [5.41, 5.74) is 6.36. The van der Waals surface area contributed by atoms with Crippen LogP contribution in [0.15, 0.2) is 41.5 Å². The maximum atomic E-state index is 5.99. The van der Waals surface area contributed by atoms with Crippen molar-refractivity contribution in [2.24, 2.45) is 5.10 Å². The quantitative estimate of drug-likeness (QED) is 0.353. The number of nitrogens with one attached hydrogen (secondary N) is 2. The topological polar surface area (TPSA) is 80.2 Å². The van der Waals surface area contributed by atoms with Crippen LogP contribution in [-0.2, 0) is 9.47 Å². The van der Waals surface area contributed by atoms with Crippen molar-refractivity contribution in [2.75, 3.05) is 63.0 Å². The highest BCUT2D eigenvalue weighted by atomic mass is 16.5. The second-order valence-corrected chi connectivity index (χ2v) is 8.12. The van der Waals surface area contributed by atoms with Crippen molar-refractivity contribution in [3.8, 4) is 5.88 Å². The summed E-state index contributed by atoms with van der Waals surface area (Å²) in [4.78, 5) is 6.89. The molecule has 2 fully saturated rings. The molecule has 2 aliphatic heterocycles. The molecule has 4 rings (SSSR count). The highest BCUT2D eigenvalue weighted by Crippen LogP contribution is 2.25. The molecule has 2 aromatic rings. The number of rotatable bonds is 9. The summed E-state index contributed by atoms with van der Waals surface area (Å²) < 4.78 is 16.9. The van der Waals surface area contributed by atoms with Crippen LogP contribution in [0.25, 0.3) is 0 Å². The monoisotopic (exact) mass is 439 g/mol. The van der Waals surface area contributed by atoms with Gasteiger partial charge in [0.1, 0.15) is 6.61 Å². The Morgan fingerprint density at radius 2 is 1.94 bits per heavy atom. The summed E-state index contributed by atoms with van der Waals surface area (Å²) in [6.45, 7) is 8.22. The molecule has 0 amide bonds. The summed E-state index contributed by atoms with van der Waals surface area (Å²) in [6.07, 6.45) is 3.91. The molecule has 1 aromatic carbocycles. The molecule has 0 unspecified atom stereocenters. The van der Waals surface area contributed by atoms with Crippen molar-refractivity contribution in [1.82, 2.24) is 10.3 Å². The van der Waals surface area contributed by atoms with Crippen molar-refractivity contribution < 1.29 is 14.2 Å². The van der Waals surface area contributed by atoms with Crippen molar-refractivity contribution in [1.29, 1.82) is 0 Å². The molecule has 0 spiro atoms. The Bertz CT molecular complexity index is 880. The van der Waals surface area contributed by atoms with E-state index < -0.39 is 0 Å². The molecule has 2 aliphatic rings. The lowest BCUT2D eigenvalue weighted by atomic mass is 10.1. The Balaban J connectivity index is 1.39. The normalized spacial score (nSPS) is 17.6. The second kappa shape index (κ2) is 11.8. The fourth-order valence-electron chi connectivity index (χ4n) is 3.87. The van der Waals surface area contributed by atoms with E-state index in [2.05, 4.69) is 44.8 Å². The SMILES string of the molecule is Cc1cccc(C=NNc2cc(N3CCOCC3)cc(OCCNC3CCOCC3)n2)c1. The van der Waals surface area contributed by atoms with Gasteiger partial charge in [-0.1, -0.05) is 29.8 Å². The number of anilines is 2. The molecule has 8 nitrogen and oxygen atoms in total. The third-order valence-electron chi connectivity index (χ3n) is 5.60. The number of morpholine rings is 1.